The molecule has 1 N–H and O–H groups in total. The van der Waals surface area contributed by atoms with Gasteiger partial charge in [-0.15, -0.1) is 4.91 Å². The van der Waals surface area contributed by atoms with Gasteiger partial charge in [-0.3, -0.25) is 0 Å². The summed E-state index contributed by atoms with van der Waals surface area (Å²) in [6.45, 7) is 4.14. The van der Waals surface area contributed by atoms with Crippen LogP contribution in [0.2, 0.25) is 0 Å². The Balaban J connectivity index is 1.57. The smallest absolute Gasteiger partial charge is 0.342 e. The molecule has 0 aromatic rings. The summed E-state index contributed by atoms with van der Waals surface area (Å²) in [6, 6.07) is 0. The standard InChI is InChI=1S/C14H19BN4O/c20-18-13-12-6-2-3-7-15(12)17-14(13)16-8-11-19-9-4-1-5-10-19/h2-3,6-7H,1,4-5,8-11H2,(H,16,17). The van der Waals surface area contributed by atoms with Crippen molar-refractivity contribution < 1.29 is 0 Å². The van der Waals surface area contributed by atoms with Gasteiger partial charge in [0.1, 0.15) is 11.5 Å². The highest BCUT2D eigenvalue weighted by molar-refractivity contribution is 6.75. The lowest BCUT2D eigenvalue weighted by Gasteiger charge is -2.26. The van der Waals surface area contributed by atoms with Gasteiger partial charge in [-0.05, 0) is 36.6 Å². The van der Waals surface area contributed by atoms with E-state index in [0.717, 1.165) is 18.6 Å². The monoisotopic (exact) mass is 270 g/mol. The van der Waals surface area contributed by atoms with E-state index in [1.165, 1.54) is 32.4 Å². The van der Waals surface area contributed by atoms with Gasteiger partial charge in [0.2, 0.25) is 0 Å². The van der Waals surface area contributed by atoms with Gasteiger partial charge in [0.25, 0.3) is 0 Å². The molecular weight excluding hydrogens is 251 g/mol. The Morgan fingerprint density at radius 2 is 2.15 bits per heavy atom. The SMILES string of the molecule is O=NC1=C2C=CC=CB2N=C1NCCN1CCCCC1. The van der Waals surface area contributed by atoms with Crippen molar-refractivity contribution in [3.05, 3.63) is 40.3 Å². The van der Waals surface area contributed by atoms with Crippen molar-refractivity contribution in [3.8, 4) is 0 Å². The Morgan fingerprint density at radius 3 is 2.95 bits per heavy atom. The number of allylic oxidation sites excluding steroid dienone is 4. The molecule has 0 spiro atoms. The van der Waals surface area contributed by atoms with Crippen molar-refractivity contribution in [2.75, 3.05) is 26.2 Å². The molecule has 5 nitrogen and oxygen atoms in total. The van der Waals surface area contributed by atoms with Crippen LogP contribution >= 0.6 is 0 Å². The number of hydrogen-bond donors (Lipinski definition) is 1. The van der Waals surface area contributed by atoms with Crippen molar-refractivity contribution in [1.29, 1.82) is 0 Å². The van der Waals surface area contributed by atoms with Crippen molar-refractivity contribution in [2.45, 2.75) is 19.3 Å². The maximum atomic E-state index is 11.0. The maximum Gasteiger partial charge on any atom is 0.342 e. The number of likely N-dealkylation sites (tertiary alicyclic amines) is 1. The molecular formula is C14H19BN4O. The molecule has 1 saturated heterocycles. The molecule has 0 amide bonds. The number of nitroso groups, excluding NO2 is 1. The van der Waals surface area contributed by atoms with Gasteiger partial charge in [-0.1, -0.05) is 30.6 Å². The van der Waals surface area contributed by atoms with Crippen LogP contribution in [0.3, 0.4) is 0 Å². The van der Waals surface area contributed by atoms with Crippen LogP contribution < -0.4 is 5.32 Å². The molecule has 0 saturated carbocycles. The molecule has 3 rings (SSSR count). The second kappa shape index (κ2) is 6.18. The normalized spacial score (nSPS) is 22.0. The first-order chi connectivity index (χ1) is 9.88. The van der Waals surface area contributed by atoms with E-state index in [9.17, 15) is 4.91 Å². The third-order valence-corrected chi connectivity index (χ3v) is 4.03. The van der Waals surface area contributed by atoms with Gasteiger partial charge in [0, 0.05) is 13.1 Å². The van der Waals surface area contributed by atoms with Gasteiger partial charge in [0.05, 0.1) is 0 Å². The maximum absolute atomic E-state index is 11.0. The van der Waals surface area contributed by atoms with Crippen LogP contribution in [0.4, 0.5) is 0 Å². The zero-order valence-corrected chi connectivity index (χ0v) is 11.6. The molecule has 0 bridgehead atoms. The number of amidine groups is 1. The van der Waals surface area contributed by atoms with E-state index in [4.69, 9.17) is 0 Å². The van der Waals surface area contributed by atoms with Gasteiger partial charge >= 0.3 is 6.85 Å². The number of piperidine rings is 1. The Morgan fingerprint density at radius 1 is 1.30 bits per heavy atom. The van der Waals surface area contributed by atoms with Gasteiger partial charge in [-0.25, -0.2) is 0 Å². The van der Waals surface area contributed by atoms with E-state index >= 15 is 0 Å². The number of rotatable bonds is 4. The quantitative estimate of drug-likeness (QED) is 0.624. The molecule has 20 heavy (non-hydrogen) atoms. The number of fused-ring (bicyclic) bond motifs is 1. The number of nitrogens with zero attached hydrogens (tertiary/aromatic N) is 3. The van der Waals surface area contributed by atoms with Crippen LogP contribution in [-0.2, 0) is 0 Å². The molecule has 0 radical (unpaired) electrons. The summed E-state index contributed by atoms with van der Waals surface area (Å²) in [6.07, 6.45) is 9.74. The molecule has 0 aliphatic carbocycles. The minimum Gasteiger partial charge on any atom is -0.368 e. The highest BCUT2D eigenvalue weighted by Crippen LogP contribution is 2.23. The molecule has 0 unspecified atom stereocenters. The first-order valence-corrected chi connectivity index (χ1v) is 7.35. The zero-order chi connectivity index (χ0) is 13.8. The molecule has 1 fully saturated rings. The number of nitrogens with one attached hydrogen (secondary N) is 1. The summed E-state index contributed by atoms with van der Waals surface area (Å²) in [5.74, 6) is 2.63. The molecule has 0 atom stereocenters. The van der Waals surface area contributed by atoms with Crippen LogP contribution in [0.5, 0.6) is 0 Å². The summed E-state index contributed by atoms with van der Waals surface area (Å²) < 4.78 is 0. The molecule has 0 aromatic carbocycles. The highest BCUT2D eigenvalue weighted by Gasteiger charge is 2.30. The fourth-order valence-electron chi connectivity index (χ4n) is 2.94. The Hall–Kier alpha value is -1.69. The minimum absolute atomic E-state index is 0.0369. The Bertz CT molecular complexity index is 503. The Kier molecular flexibility index (Phi) is 4.11. The lowest BCUT2D eigenvalue weighted by Crippen LogP contribution is -2.37. The average molecular weight is 270 g/mol. The fourth-order valence-corrected chi connectivity index (χ4v) is 2.94. The second-order valence-electron chi connectivity index (χ2n) is 5.39. The predicted octanol–water partition coefficient (Wildman–Crippen LogP) is 1.69. The summed E-state index contributed by atoms with van der Waals surface area (Å²) in [7, 11) is 0. The molecule has 3 aliphatic rings. The van der Waals surface area contributed by atoms with Crippen molar-refractivity contribution in [3.63, 3.8) is 0 Å². The Labute approximate surface area is 119 Å². The van der Waals surface area contributed by atoms with Crippen molar-refractivity contribution in [2.24, 2.45) is 10.1 Å². The van der Waals surface area contributed by atoms with E-state index < -0.39 is 0 Å². The molecule has 104 valence electrons. The molecule has 3 aliphatic heterocycles. The summed E-state index contributed by atoms with van der Waals surface area (Å²) >= 11 is 0. The van der Waals surface area contributed by atoms with Gasteiger partial charge in [0.15, 0.2) is 0 Å². The van der Waals surface area contributed by atoms with Crippen molar-refractivity contribution >= 4 is 12.7 Å². The van der Waals surface area contributed by atoms with Gasteiger partial charge < -0.3 is 15.1 Å². The lowest BCUT2D eigenvalue weighted by atomic mass is 9.55. The van der Waals surface area contributed by atoms with Crippen LogP contribution in [0.15, 0.2) is 45.5 Å². The summed E-state index contributed by atoms with van der Waals surface area (Å²) in [5, 5.41) is 6.43. The first kappa shape index (κ1) is 13.3. The van der Waals surface area contributed by atoms with E-state index in [0.29, 0.717) is 11.5 Å². The van der Waals surface area contributed by atoms with Crippen LogP contribution in [0.25, 0.3) is 0 Å². The highest BCUT2D eigenvalue weighted by atomic mass is 16.3. The van der Waals surface area contributed by atoms with Crippen LogP contribution in [-0.4, -0.2) is 43.8 Å². The largest absolute Gasteiger partial charge is 0.368 e. The van der Waals surface area contributed by atoms with E-state index in [2.05, 4.69) is 20.3 Å². The molecule has 3 heterocycles. The third-order valence-electron chi connectivity index (χ3n) is 4.03. The summed E-state index contributed by atoms with van der Waals surface area (Å²) in [4.78, 5) is 18.0. The molecule has 0 aromatic heterocycles. The minimum atomic E-state index is -0.0369. The zero-order valence-electron chi connectivity index (χ0n) is 11.6. The molecule has 6 heteroatoms. The van der Waals surface area contributed by atoms with Crippen LogP contribution in [0.1, 0.15) is 19.3 Å². The lowest BCUT2D eigenvalue weighted by molar-refractivity contribution is 0.232. The van der Waals surface area contributed by atoms with E-state index in [1.54, 1.807) is 0 Å². The first-order valence-electron chi connectivity index (χ1n) is 7.35. The average Bonchev–Trinajstić information content (AvgIpc) is 2.86. The fraction of sp³-hybridized carbons (Fsp3) is 0.500. The second-order valence-corrected chi connectivity index (χ2v) is 5.39. The summed E-state index contributed by atoms with van der Waals surface area (Å²) in [5.41, 5.74) is 1.37. The van der Waals surface area contributed by atoms with E-state index in [-0.39, 0.29) is 6.85 Å². The third kappa shape index (κ3) is 2.75. The van der Waals surface area contributed by atoms with Crippen LogP contribution in [0, 0.1) is 4.91 Å². The van der Waals surface area contributed by atoms with Crippen molar-refractivity contribution in [1.82, 2.24) is 10.2 Å². The topological polar surface area (TPSA) is 57.1 Å². The van der Waals surface area contributed by atoms with Gasteiger partial charge in [-0.2, -0.15) is 0 Å². The van der Waals surface area contributed by atoms with E-state index in [1.807, 2.05) is 24.2 Å². The number of hydrogen-bond acceptors (Lipinski definition) is 5. The predicted molar refractivity (Wildman–Crippen MR) is 82.6 cm³/mol.